The van der Waals surface area contributed by atoms with Crippen LogP contribution in [0, 0.1) is 0 Å². The van der Waals surface area contributed by atoms with Gasteiger partial charge in [-0.1, -0.05) is 17.8 Å². The van der Waals surface area contributed by atoms with Crippen molar-refractivity contribution in [3.63, 3.8) is 0 Å². The van der Waals surface area contributed by atoms with Gasteiger partial charge in [0, 0.05) is 11.4 Å². The molecule has 0 fully saturated rings. The van der Waals surface area contributed by atoms with Crippen LogP contribution in [0.15, 0.2) is 22.7 Å². The highest BCUT2D eigenvalue weighted by molar-refractivity contribution is 8.00. The SMILES string of the molecule is C[C@H](Sc1nc(N)nc(N)n1)C(=O)NCCc1cccs1. The highest BCUT2D eigenvalue weighted by atomic mass is 32.2. The Kier molecular flexibility index (Phi) is 5.34. The summed E-state index contributed by atoms with van der Waals surface area (Å²) in [6.07, 6.45) is 0.826. The van der Waals surface area contributed by atoms with Gasteiger partial charge in [0.05, 0.1) is 5.25 Å². The summed E-state index contributed by atoms with van der Waals surface area (Å²) in [5, 5.41) is 4.91. The van der Waals surface area contributed by atoms with Gasteiger partial charge in [0.25, 0.3) is 0 Å². The number of hydrogen-bond donors (Lipinski definition) is 3. The van der Waals surface area contributed by atoms with Gasteiger partial charge in [-0.05, 0) is 24.8 Å². The van der Waals surface area contributed by atoms with Crippen molar-refractivity contribution in [3.05, 3.63) is 22.4 Å². The number of amides is 1. The molecule has 0 aliphatic carbocycles. The Hall–Kier alpha value is -1.87. The third kappa shape index (κ3) is 4.87. The van der Waals surface area contributed by atoms with E-state index in [1.807, 2.05) is 17.5 Å². The maximum absolute atomic E-state index is 12.0. The third-order valence-corrected chi connectivity index (χ3v) is 4.45. The number of nitrogens with zero attached hydrogens (tertiary/aromatic N) is 3. The molecule has 2 heterocycles. The van der Waals surface area contributed by atoms with E-state index < -0.39 is 0 Å². The Morgan fingerprint density at radius 3 is 2.71 bits per heavy atom. The fraction of sp³-hybridized carbons (Fsp3) is 0.333. The number of carbonyl (C=O) groups is 1. The fourth-order valence-corrected chi connectivity index (χ4v) is 3.07. The molecule has 0 saturated heterocycles. The molecule has 7 nitrogen and oxygen atoms in total. The number of nitrogens with two attached hydrogens (primary N) is 2. The fourth-order valence-electron chi connectivity index (χ4n) is 1.56. The normalized spacial score (nSPS) is 12.0. The second-order valence-corrected chi connectivity index (χ2v) is 6.56. The van der Waals surface area contributed by atoms with E-state index in [-0.39, 0.29) is 23.1 Å². The summed E-state index contributed by atoms with van der Waals surface area (Å²) in [4.78, 5) is 24.8. The minimum absolute atomic E-state index is 0.0512. The van der Waals surface area contributed by atoms with E-state index in [4.69, 9.17) is 11.5 Å². The number of aromatic nitrogens is 3. The first-order chi connectivity index (χ1) is 10.0. The molecule has 0 unspecified atom stereocenters. The summed E-state index contributed by atoms with van der Waals surface area (Å²) in [6, 6.07) is 4.04. The van der Waals surface area contributed by atoms with E-state index in [1.54, 1.807) is 18.3 Å². The Bertz CT molecular complexity index is 584. The maximum Gasteiger partial charge on any atom is 0.233 e. The predicted molar refractivity (Wildman–Crippen MR) is 85.0 cm³/mol. The van der Waals surface area contributed by atoms with E-state index in [0.29, 0.717) is 11.7 Å². The summed E-state index contributed by atoms with van der Waals surface area (Å²) in [6.45, 7) is 2.38. The lowest BCUT2D eigenvalue weighted by atomic mass is 10.3. The average Bonchev–Trinajstić information content (AvgIpc) is 2.90. The van der Waals surface area contributed by atoms with Crippen LogP contribution in [0.1, 0.15) is 11.8 Å². The first-order valence-corrected chi connectivity index (χ1v) is 8.04. The van der Waals surface area contributed by atoms with Gasteiger partial charge >= 0.3 is 0 Å². The third-order valence-electron chi connectivity index (χ3n) is 2.55. The lowest BCUT2D eigenvalue weighted by Crippen LogP contribution is -2.32. The molecule has 0 aliphatic heterocycles. The number of nitrogens with one attached hydrogen (secondary N) is 1. The van der Waals surface area contributed by atoms with Crippen molar-refractivity contribution in [1.82, 2.24) is 20.3 Å². The van der Waals surface area contributed by atoms with Crippen LogP contribution in [0.3, 0.4) is 0 Å². The highest BCUT2D eigenvalue weighted by Gasteiger charge is 2.16. The molecule has 0 aromatic carbocycles. The van der Waals surface area contributed by atoms with E-state index in [0.717, 1.165) is 6.42 Å². The van der Waals surface area contributed by atoms with Gasteiger partial charge in [0.1, 0.15) is 0 Å². The molecule has 0 radical (unpaired) electrons. The first-order valence-electron chi connectivity index (χ1n) is 6.28. The molecule has 21 heavy (non-hydrogen) atoms. The Balaban J connectivity index is 1.81. The summed E-state index contributed by atoms with van der Waals surface area (Å²) < 4.78 is 0. The molecule has 0 bridgehead atoms. The lowest BCUT2D eigenvalue weighted by Gasteiger charge is -2.11. The van der Waals surface area contributed by atoms with Crippen LogP contribution < -0.4 is 16.8 Å². The van der Waals surface area contributed by atoms with E-state index in [1.165, 1.54) is 16.6 Å². The number of anilines is 2. The van der Waals surface area contributed by atoms with E-state index in [2.05, 4.69) is 20.3 Å². The monoisotopic (exact) mass is 324 g/mol. The minimum Gasteiger partial charge on any atom is -0.368 e. The second-order valence-electron chi connectivity index (χ2n) is 4.21. The summed E-state index contributed by atoms with van der Waals surface area (Å²) in [5.41, 5.74) is 11.0. The van der Waals surface area contributed by atoms with Crippen LogP contribution in [0.4, 0.5) is 11.9 Å². The molecule has 1 amide bonds. The van der Waals surface area contributed by atoms with Crippen molar-refractivity contribution in [2.24, 2.45) is 0 Å². The number of hydrogen-bond acceptors (Lipinski definition) is 8. The van der Waals surface area contributed by atoms with Gasteiger partial charge in [0.2, 0.25) is 17.8 Å². The van der Waals surface area contributed by atoms with Crippen LogP contribution in [-0.2, 0) is 11.2 Å². The molecule has 0 spiro atoms. The number of carbonyl (C=O) groups excluding carboxylic acids is 1. The van der Waals surface area contributed by atoms with Gasteiger partial charge in [-0.2, -0.15) is 15.0 Å². The number of thioether (sulfide) groups is 1. The second kappa shape index (κ2) is 7.23. The maximum atomic E-state index is 12.0. The molecule has 9 heteroatoms. The number of nitrogen functional groups attached to an aromatic ring is 2. The van der Waals surface area contributed by atoms with Crippen LogP contribution in [0.5, 0.6) is 0 Å². The van der Waals surface area contributed by atoms with Gasteiger partial charge in [0.15, 0.2) is 5.16 Å². The Morgan fingerprint density at radius 1 is 1.38 bits per heavy atom. The number of thiophene rings is 1. The van der Waals surface area contributed by atoms with E-state index in [9.17, 15) is 4.79 Å². The van der Waals surface area contributed by atoms with Gasteiger partial charge in [-0.15, -0.1) is 11.3 Å². The average molecular weight is 324 g/mol. The topological polar surface area (TPSA) is 120 Å². The predicted octanol–water partition coefficient (Wildman–Crippen LogP) is 0.937. The zero-order chi connectivity index (χ0) is 15.2. The molecule has 1 atom stereocenters. The Morgan fingerprint density at radius 2 is 2.10 bits per heavy atom. The molecule has 5 N–H and O–H groups in total. The molecule has 2 aromatic rings. The molecule has 2 aromatic heterocycles. The minimum atomic E-state index is -0.338. The van der Waals surface area contributed by atoms with Crippen LogP contribution in [0.2, 0.25) is 0 Å². The van der Waals surface area contributed by atoms with Crippen molar-refractivity contribution >= 4 is 40.9 Å². The largest absolute Gasteiger partial charge is 0.368 e. The van der Waals surface area contributed by atoms with Crippen molar-refractivity contribution < 1.29 is 4.79 Å². The van der Waals surface area contributed by atoms with Gasteiger partial charge in [-0.25, -0.2) is 0 Å². The standard InChI is InChI=1S/C12H16N6OS2/c1-7(21-12-17-10(13)16-11(14)18-12)9(19)15-5-4-8-3-2-6-20-8/h2-3,6-7H,4-5H2,1H3,(H,15,19)(H4,13,14,16,17,18)/t7-/m0/s1. The van der Waals surface area contributed by atoms with Gasteiger partial charge in [-0.3, -0.25) is 4.79 Å². The summed E-state index contributed by atoms with van der Waals surface area (Å²) >= 11 is 2.87. The molecule has 0 aliphatic rings. The van der Waals surface area contributed by atoms with Crippen molar-refractivity contribution in [2.75, 3.05) is 18.0 Å². The summed E-state index contributed by atoms with van der Waals surface area (Å²) in [7, 11) is 0. The quantitative estimate of drug-likeness (QED) is 0.676. The summed E-state index contributed by atoms with van der Waals surface area (Å²) in [5.74, 6) is 0.0275. The van der Waals surface area contributed by atoms with Crippen molar-refractivity contribution in [3.8, 4) is 0 Å². The van der Waals surface area contributed by atoms with Crippen molar-refractivity contribution in [1.29, 1.82) is 0 Å². The first kappa shape index (κ1) is 15.5. The van der Waals surface area contributed by atoms with Gasteiger partial charge < -0.3 is 16.8 Å². The van der Waals surface area contributed by atoms with Crippen LogP contribution in [0.25, 0.3) is 0 Å². The molecule has 2 rings (SSSR count). The lowest BCUT2D eigenvalue weighted by molar-refractivity contribution is -0.120. The zero-order valence-electron chi connectivity index (χ0n) is 11.4. The smallest absolute Gasteiger partial charge is 0.233 e. The molecular formula is C12H16N6OS2. The van der Waals surface area contributed by atoms with Crippen molar-refractivity contribution in [2.45, 2.75) is 23.8 Å². The van der Waals surface area contributed by atoms with Crippen LogP contribution >= 0.6 is 23.1 Å². The Labute approximate surface area is 130 Å². The molecule has 112 valence electrons. The zero-order valence-corrected chi connectivity index (χ0v) is 13.1. The van der Waals surface area contributed by atoms with E-state index >= 15 is 0 Å². The molecule has 0 saturated carbocycles. The molecular weight excluding hydrogens is 308 g/mol. The number of rotatable bonds is 6. The highest BCUT2D eigenvalue weighted by Crippen LogP contribution is 2.20. The van der Waals surface area contributed by atoms with Crippen LogP contribution in [-0.4, -0.2) is 32.7 Å².